The second-order valence-corrected chi connectivity index (χ2v) is 14.3. The van der Waals surface area contributed by atoms with E-state index in [0.29, 0.717) is 42.2 Å². The number of thiol groups is 2. The van der Waals surface area contributed by atoms with Crippen molar-refractivity contribution >= 4 is 49.5 Å². The maximum absolute atomic E-state index is 12.4. The molecule has 254 valence electrons. The van der Waals surface area contributed by atoms with Crippen LogP contribution in [0.4, 0.5) is 5.69 Å². The lowest BCUT2D eigenvalue weighted by atomic mass is 9.90. The minimum atomic E-state index is -3.04. The van der Waals surface area contributed by atoms with Crippen LogP contribution in [-0.4, -0.2) is 54.1 Å². The van der Waals surface area contributed by atoms with Crippen LogP contribution in [0.15, 0.2) is 136 Å². The van der Waals surface area contributed by atoms with E-state index in [1.54, 1.807) is 42.5 Å². The van der Waals surface area contributed by atoms with Crippen molar-refractivity contribution < 1.29 is 35.3 Å². The van der Waals surface area contributed by atoms with Crippen LogP contribution in [-0.2, 0) is 45.6 Å². The van der Waals surface area contributed by atoms with Crippen LogP contribution in [0.25, 0.3) is 5.57 Å². The lowest BCUT2D eigenvalue weighted by molar-refractivity contribution is -0.539. The van der Waals surface area contributed by atoms with Gasteiger partial charge in [0.05, 0.1) is 14.7 Å². The van der Waals surface area contributed by atoms with Crippen molar-refractivity contribution in [3.8, 4) is 5.75 Å². The Bertz CT molecular complexity index is 2150. The summed E-state index contributed by atoms with van der Waals surface area (Å²) in [6.07, 6.45) is 7.76. The fourth-order valence-electron chi connectivity index (χ4n) is 5.77. The second-order valence-electron chi connectivity index (χ2n) is 11.3. The molecule has 5 rings (SSSR count). The molecular weight excluding hydrogens is 681 g/mol. The van der Waals surface area contributed by atoms with Crippen molar-refractivity contribution in [3.05, 3.63) is 143 Å². The highest BCUT2D eigenvalue weighted by molar-refractivity contribution is 7.79. The molecule has 1 atom stereocenters. The number of nitrogens with zero attached hydrogens (tertiary/aromatic N) is 2. The predicted octanol–water partition coefficient (Wildman–Crippen LogP) is 5.54. The van der Waals surface area contributed by atoms with Crippen molar-refractivity contribution in [2.75, 3.05) is 18.0 Å². The van der Waals surface area contributed by atoms with Crippen LogP contribution in [0.1, 0.15) is 36.1 Å². The molecule has 2 N–H and O–H groups in total. The molecular formula is C37H37N2O7S3+. The molecule has 1 aliphatic rings. The summed E-state index contributed by atoms with van der Waals surface area (Å²) < 4.78 is 71.1. The Morgan fingerprint density at radius 1 is 0.796 bits per heavy atom. The standard InChI is InChI=1S/C37H36N2O7S3/c1-3-38(24-26-7-5-9-33(21-26)47(41)42)30-15-11-28(12-16-30)37(35-20-19-32(40)23-36(35)49(45)46)29-13-17-31(18-14-29)39(4-2)25-27-8-6-10-34(22-27)48(43)44/h5-23,47,49H,3-4,24-25H2,1-2H3,(H,43,44)/p+1. The minimum Gasteiger partial charge on any atom is -0.508 e. The lowest BCUT2D eigenvalue weighted by Crippen LogP contribution is -2.22. The van der Waals surface area contributed by atoms with Crippen LogP contribution in [0.3, 0.4) is 0 Å². The molecule has 12 heteroatoms. The highest BCUT2D eigenvalue weighted by Gasteiger charge is 2.20. The molecule has 0 saturated carbocycles. The first kappa shape index (κ1) is 35.7. The highest BCUT2D eigenvalue weighted by Crippen LogP contribution is 2.35. The topological polar surface area (TPSA) is 132 Å². The van der Waals surface area contributed by atoms with E-state index in [4.69, 9.17) is 0 Å². The Labute approximate surface area is 292 Å². The molecule has 0 aromatic heterocycles. The second kappa shape index (κ2) is 16.2. The third-order valence-corrected chi connectivity index (χ3v) is 10.3. The van der Waals surface area contributed by atoms with Crippen molar-refractivity contribution in [2.45, 2.75) is 41.6 Å². The Kier molecular flexibility index (Phi) is 11.8. The number of hydrogen-bond donors (Lipinski definition) is 4. The fourth-order valence-corrected chi connectivity index (χ4v) is 7.32. The number of allylic oxidation sites excluding steroid dienone is 5. The maximum atomic E-state index is 12.4. The number of aromatic hydroxyl groups is 1. The number of hydrogen-bond acceptors (Lipinski definition) is 7. The Morgan fingerprint density at radius 3 is 2.12 bits per heavy atom. The zero-order valence-corrected chi connectivity index (χ0v) is 29.5. The van der Waals surface area contributed by atoms with Crippen LogP contribution >= 0.6 is 0 Å². The average molecular weight is 718 g/mol. The third-order valence-electron chi connectivity index (χ3n) is 8.22. The van der Waals surface area contributed by atoms with Crippen molar-refractivity contribution in [1.29, 1.82) is 0 Å². The molecule has 0 radical (unpaired) electrons. The Balaban J connectivity index is 1.54. The largest absolute Gasteiger partial charge is 0.508 e. The first-order valence-electron chi connectivity index (χ1n) is 15.6. The molecule has 9 nitrogen and oxygen atoms in total. The molecule has 0 spiro atoms. The van der Waals surface area contributed by atoms with E-state index in [-0.39, 0.29) is 15.5 Å². The van der Waals surface area contributed by atoms with E-state index in [0.717, 1.165) is 33.7 Å². The minimum absolute atomic E-state index is 0.00117. The number of benzene rings is 4. The average Bonchev–Trinajstić information content (AvgIpc) is 3.11. The predicted molar refractivity (Wildman–Crippen MR) is 194 cm³/mol. The smallest absolute Gasteiger partial charge is 0.200 e. The Morgan fingerprint density at radius 2 is 1.49 bits per heavy atom. The van der Waals surface area contributed by atoms with Gasteiger partial charge in [-0.25, -0.2) is 25.6 Å². The van der Waals surface area contributed by atoms with Gasteiger partial charge in [0.2, 0.25) is 0 Å². The van der Waals surface area contributed by atoms with Gasteiger partial charge in [-0.1, -0.05) is 36.4 Å². The summed E-state index contributed by atoms with van der Waals surface area (Å²) in [5, 5.41) is 10.1. The molecule has 0 heterocycles. The maximum Gasteiger partial charge on any atom is 0.200 e. The van der Waals surface area contributed by atoms with Gasteiger partial charge in [0.1, 0.15) is 12.3 Å². The molecule has 49 heavy (non-hydrogen) atoms. The van der Waals surface area contributed by atoms with Gasteiger partial charge in [-0.15, -0.1) is 0 Å². The summed E-state index contributed by atoms with van der Waals surface area (Å²) >= 11 is -2.07. The summed E-state index contributed by atoms with van der Waals surface area (Å²) in [7, 11) is -5.72. The van der Waals surface area contributed by atoms with E-state index in [2.05, 4.69) is 9.48 Å². The summed E-state index contributed by atoms with van der Waals surface area (Å²) in [4.78, 5) is 2.73. The molecule has 1 unspecified atom stereocenters. The van der Waals surface area contributed by atoms with Gasteiger partial charge in [-0.2, -0.15) is 0 Å². The van der Waals surface area contributed by atoms with E-state index >= 15 is 0 Å². The number of rotatable bonds is 12. The zero-order valence-electron chi connectivity index (χ0n) is 26.9. The Hall–Kier alpha value is -4.62. The summed E-state index contributed by atoms with van der Waals surface area (Å²) in [5.41, 5.74) is 6.23. The van der Waals surface area contributed by atoms with E-state index in [1.807, 2.05) is 74.5 Å². The van der Waals surface area contributed by atoms with Crippen LogP contribution < -0.4 is 4.90 Å². The van der Waals surface area contributed by atoms with Crippen LogP contribution in [0.2, 0.25) is 0 Å². The van der Waals surface area contributed by atoms with E-state index < -0.39 is 32.5 Å². The number of phenolic OH excluding ortho intramolecular Hbond substituents is 1. The first-order valence-corrected chi connectivity index (χ1v) is 19.0. The van der Waals surface area contributed by atoms with Gasteiger partial charge < -0.3 is 14.6 Å². The summed E-state index contributed by atoms with van der Waals surface area (Å²) in [6.45, 7) is 6.40. The summed E-state index contributed by atoms with van der Waals surface area (Å²) in [5.74, 6) is -0.153. The quantitative estimate of drug-likeness (QED) is 0.0854. The number of phenols is 1. The molecule has 0 bridgehead atoms. The van der Waals surface area contributed by atoms with Gasteiger partial charge in [-0.3, -0.25) is 0 Å². The molecule has 0 fully saturated rings. The fraction of sp³-hybridized carbons (Fsp3) is 0.162. The molecule has 0 saturated heterocycles. The van der Waals surface area contributed by atoms with Crippen molar-refractivity contribution in [1.82, 2.24) is 0 Å². The van der Waals surface area contributed by atoms with Crippen LogP contribution in [0, 0.1) is 0 Å². The molecule has 4 aromatic carbocycles. The SMILES string of the molecule is CCN(Cc1cccc(S(=O)O)c1)c1ccc(C(=C2C=CC(=[N+](CC)Cc3cccc([SH](=O)=O)c3)C=C2)c2ccc(O)cc2[SH](=O)=O)cc1. The van der Waals surface area contributed by atoms with Crippen LogP contribution in [0.5, 0.6) is 5.75 Å². The third kappa shape index (κ3) is 8.70. The highest BCUT2D eigenvalue weighted by atomic mass is 32.2. The monoisotopic (exact) mass is 717 g/mol. The molecule has 0 aliphatic heterocycles. The van der Waals surface area contributed by atoms with Gasteiger partial charge in [0.25, 0.3) is 0 Å². The summed E-state index contributed by atoms with van der Waals surface area (Å²) in [6, 6.07) is 26.0. The number of anilines is 1. The normalized spacial score (nSPS) is 13.2. The van der Waals surface area contributed by atoms with Crippen molar-refractivity contribution in [2.24, 2.45) is 0 Å². The van der Waals surface area contributed by atoms with Gasteiger partial charge in [0.15, 0.2) is 44.7 Å². The first-order chi connectivity index (χ1) is 23.6. The zero-order chi connectivity index (χ0) is 35.1. The van der Waals surface area contributed by atoms with Gasteiger partial charge in [0, 0.05) is 42.1 Å². The van der Waals surface area contributed by atoms with E-state index in [1.165, 1.54) is 12.1 Å². The molecule has 1 aliphatic carbocycles. The van der Waals surface area contributed by atoms with Gasteiger partial charge in [-0.05, 0) is 103 Å². The lowest BCUT2D eigenvalue weighted by Gasteiger charge is -2.24. The van der Waals surface area contributed by atoms with Crippen molar-refractivity contribution in [3.63, 3.8) is 0 Å². The molecule has 0 amide bonds. The van der Waals surface area contributed by atoms with Gasteiger partial charge >= 0.3 is 0 Å². The molecule has 4 aromatic rings. The van der Waals surface area contributed by atoms with E-state index in [9.17, 15) is 30.7 Å².